The molecule has 2 aromatic rings. The van der Waals surface area contributed by atoms with Gasteiger partial charge in [0.25, 0.3) is 0 Å². The Morgan fingerprint density at radius 2 is 1.90 bits per heavy atom. The molecule has 5 heteroatoms. The second-order valence-corrected chi connectivity index (χ2v) is 4.99. The number of benzene rings is 2. The first-order valence-corrected chi connectivity index (χ1v) is 6.56. The predicted octanol–water partition coefficient (Wildman–Crippen LogP) is 3.67. The Kier molecular flexibility index (Phi) is 4.70. The molecule has 0 fully saturated rings. The number of hydrogen-bond acceptors (Lipinski definition) is 2. The smallest absolute Gasteiger partial charge is 0.142 e. The van der Waals surface area contributed by atoms with Gasteiger partial charge < -0.3 is 0 Å². The van der Waals surface area contributed by atoms with Crippen LogP contribution in [0.2, 0.25) is 5.02 Å². The van der Waals surface area contributed by atoms with Crippen LogP contribution >= 0.6 is 11.6 Å². The highest BCUT2D eigenvalue weighted by Gasteiger charge is 2.18. The fourth-order valence-electron chi connectivity index (χ4n) is 2.12. The molecule has 0 saturated carbocycles. The standard InChI is InChI=1S/C15H15ClF2N2/c1-9-4-2-6-11(15(9)18)13(20-19)8-10-5-3-7-12(17)14(10)16/h2-7,13,20H,8,19H2,1H3. The lowest BCUT2D eigenvalue weighted by atomic mass is 9.97. The second kappa shape index (κ2) is 6.31. The zero-order valence-corrected chi connectivity index (χ0v) is 11.7. The third-order valence-electron chi connectivity index (χ3n) is 3.25. The van der Waals surface area contributed by atoms with Crippen LogP contribution in [0.4, 0.5) is 8.78 Å². The Morgan fingerprint density at radius 3 is 2.60 bits per heavy atom. The highest BCUT2D eigenvalue weighted by Crippen LogP contribution is 2.27. The highest BCUT2D eigenvalue weighted by molar-refractivity contribution is 6.31. The van der Waals surface area contributed by atoms with Crippen LogP contribution < -0.4 is 11.3 Å². The Balaban J connectivity index is 2.34. The number of nitrogens with two attached hydrogens (primary N) is 1. The zero-order valence-electron chi connectivity index (χ0n) is 11.0. The SMILES string of the molecule is Cc1cccc(C(Cc2cccc(F)c2Cl)NN)c1F. The van der Waals surface area contributed by atoms with E-state index in [4.69, 9.17) is 17.4 Å². The van der Waals surface area contributed by atoms with Crippen LogP contribution in [-0.2, 0) is 6.42 Å². The number of hydrogen-bond donors (Lipinski definition) is 2. The van der Waals surface area contributed by atoms with Gasteiger partial charge in [0, 0.05) is 5.56 Å². The summed E-state index contributed by atoms with van der Waals surface area (Å²) in [4.78, 5) is 0. The third-order valence-corrected chi connectivity index (χ3v) is 3.68. The van der Waals surface area contributed by atoms with Crippen LogP contribution in [0.15, 0.2) is 36.4 Å². The summed E-state index contributed by atoms with van der Waals surface area (Å²) in [6, 6.07) is 9.16. The van der Waals surface area contributed by atoms with Gasteiger partial charge >= 0.3 is 0 Å². The summed E-state index contributed by atoms with van der Waals surface area (Å²) in [7, 11) is 0. The van der Waals surface area contributed by atoms with Crippen molar-refractivity contribution in [1.82, 2.24) is 5.43 Å². The van der Waals surface area contributed by atoms with E-state index in [0.717, 1.165) is 0 Å². The van der Waals surface area contributed by atoms with E-state index in [1.165, 1.54) is 6.07 Å². The summed E-state index contributed by atoms with van der Waals surface area (Å²) in [6.45, 7) is 1.68. The highest BCUT2D eigenvalue weighted by atomic mass is 35.5. The van der Waals surface area contributed by atoms with Gasteiger partial charge in [-0.05, 0) is 30.5 Å². The lowest BCUT2D eigenvalue weighted by Crippen LogP contribution is -2.30. The molecule has 0 heterocycles. The van der Waals surface area contributed by atoms with Crippen molar-refractivity contribution < 1.29 is 8.78 Å². The van der Waals surface area contributed by atoms with E-state index in [2.05, 4.69) is 5.43 Å². The van der Waals surface area contributed by atoms with E-state index < -0.39 is 11.9 Å². The molecular weight excluding hydrogens is 282 g/mol. The van der Waals surface area contributed by atoms with E-state index in [9.17, 15) is 8.78 Å². The van der Waals surface area contributed by atoms with Crippen molar-refractivity contribution in [1.29, 1.82) is 0 Å². The van der Waals surface area contributed by atoms with E-state index in [1.807, 2.05) is 0 Å². The average Bonchev–Trinajstić information content (AvgIpc) is 2.44. The molecule has 2 rings (SSSR count). The lowest BCUT2D eigenvalue weighted by Gasteiger charge is -2.18. The van der Waals surface area contributed by atoms with Gasteiger partial charge in [0.05, 0.1) is 11.1 Å². The predicted molar refractivity (Wildman–Crippen MR) is 76.3 cm³/mol. The third kappa shape index (κ3) is 2.98. The lowest BCUT2D eigenvalue weighted by molar-refractivity contribution is 0.506. The molecule has 0 radical (unpaired) electrons. The van der Waals surface area contributed by atoms with Crippen molar-refractivity contribution in [2.75, 3.05) is 0 Å². The van der Waals surface area contributed by atoms with Crippen LogP contribution in [0.5, 0.6) is 0 Å². The Labute approximate surface area is 121 Å². The van der Waals surface area contributed by atoms with Crippen LogP contribution in [0, 0.1) is 18.6 Å². The van der Waals surface area contributed by atoms with E-state index in [-0.39, 0.29) is 10.8 Å². The topological polar surface area (TPSA) is 38.0 Å². The molecule has 1 atom stereocenters. The molecule has 2 nitrogen and oxygen atoms in total. The fraction of sp³-hybridized carbons (Fsp3) is 0.200. The quantitative estimate of drug-likeness (QED) is 0.667. The zero-order chi connectivity index (χ0) is 14.7. The van der Waals surface area contributed by atoms with Gasteiger partial charge in [0.2, 0.25) is 0 Å². The number of hydrazine groups is 1. The Morgan fingerprint density at radius 1 is 1.20 bits per heavy atom. The van der Waals surface area contributed by atoms with E-state index in [1.54, 1.807) is 37.3 Å². The molecule has 0 aliphatic rings. The van der Waals surface area contributed by atoms with Gasteiger partial charge in [-0.3, -0.25) is 11.3 Å². The maximum atomic E-state index is 14.1. The first-order chi connectivity index (χ1) is 9.54. The van der Waals surface area contributed by atoms with Crippen LogP contribution in [0.25, 0.3) is 0 Å². The van der Waals surface area contributed by atoms with Gasteiger partial charge in [-0.2, -0.15) is 0 Å². The maximum absolute atomic E-state index is 14.1. The number of aryl methyl sites for hydroxylation is 1. The van der Waals surface area contributed by atoms with Gasteiger partial charge in [-0.15, -0.1) is 0 Å². The minimum Gasteiger partial charge on any atom is -0.271 e. The molecule has 106 valence electrons. The van der Waals surface area contributed by atoms with Crippen molar-refractivity contribution in [3.8, 4) is 0 Å². The molecule has 0 saturated heterocycles. The average molecular weight is 297 g/mol. The molecular formula is C15H15ClF2N2. The molecule has 0 amide bonds. The Bertz CT molecular complexity index is 617. The summed E-state index contributed by atoms with van der Waals surface area (Å²) >= 11 is 5.92. The summed E-state index contributed by atoms with van der Waals surface area (Å²) in [6.07, 6.45) is 0.299. The van der Waals surface area contributed by atoms with Gasteiger partial charge in [0.1, 0.15) is 11.6 Å². The molecule has 0 aliphatic carbocycles. The number of nitrogens with one attached hydrogen (secondary N) is 1. The minimum atomic E-state index is -0.496. The van der Waals surface area contributed by atoms with Crippen molar-refractivity contribution >= 4 is 11.6 Å². The monoisotopic (exact) mass is 296 g/mol. The van der Waals surface area contributed by atoms with Gasteiger partial charge in [0.15, 0.2) is 0 Å². The largest absolute Gasteiger partial charge is 0.271 e. The van der Waals surface area contributed by atoms with Crippen LogP contribution in [0.3, 0.4) is 0 Å². The fourth-order valence-corrected chi connectivity index (χ4v) is 2.33. The summed E-state index contributed by atoms with van der Waals surface area (Å²) in [5.74, 6) is 4.69. The van der Waals surface area contributed by atoms with Crippen molar-refractivity contribution in [3.63, 3.8) is 0 Å². The normalized spacial score (nSPS) is 12.4. The first kappa shape index (κ1) is 14.9. The van der Waals surface area contributed by atoms with Crippen LogP contribution in [-0.4, -0.2) is 0 Å². The minimum absolute atomic E-state index is 0.0424. The van der Waals surface area contributed by atoms with Gasteiger partial charge in [-0.1, -0.05) is 41.9 Å². The Hall–Kier alpha value is -1.49. The molecule has 3 N–H and O–H groups in total. The van der Waals surface area contributed by atoms with Crippen molar-refractivity contribution in [2.24, 2.45) is 5.84 Å². The summed E-state index contributed by atoms with van der Waals surface area (Å²) in [5, 5.41) is 0.0424. The van der Waals surface area contributed by atoms with E-state index in [0.29, 0.717) is 23.1 Å². The molecule has 0 bridgehead atoms. The maximum Gasteiger partial charge on any atom is 0.142 e. The van der Waals surface area contributed by atoms with Crippen molar-refractivity contribution in [2.45, 2.75) is 19.4 Å². The number of rotatable bonds is 4. The molecule has 1 unspecified atom stereocenters. The van der Waals surface area contributed by atoms with Crippen LogP contribution in [0.1, 0.15) is 22.7 Å². The van der Waals surface area contributed by atoms with Crippen molar-refractivity contribution in [3.05, 3.63) is 69.7 Å². The molecule has 0 aromatic heterocycles. The summed E-state index contributed by atoms with van der Waals surface area (Å²) in [5.41, 5.74) is 4.11. The molecule has 0 spiro atoms. The molecule has 0 aliphatic heterocycles. The number of halogens is 3. The first-order valence-electron chi connectivity index (χ1n) is 6.18. The summed E-state index contributed by atoms with van der Waals surface area (Å²) < 4.78 is 27.5. The molecule has 20 heavy (non-hydrogen) atoms. The molecule has 2 aromatic carbocycles. The van der Waals surface area contributed by atoms with E-state index >= 15 is 0 Å². The second-order valence-electron chi connectivity index (χ2n) is 4.61. The van der Waals surface area contributed by atoms with Gasteiger partial charge in [-0.25, -0.2) is 8.78 Å².